The van der Waals surface area contributed by atoms with Crippen molar-refractivity contribution in [1.82, 2.24) is 10.6 Å². The van der Waals surface area contributed by atoms with Crippen molar-refractivity contribution < 1.29 is 9.53 Å². The average molecular weight is 343 g/mol. The molecule has 112 valence electrons. The number of hydrogen-bond donors (Lipinski definition) is 2. The third kappa shape index (κ3) is 5.13. The summed E-state index contributed by atoms with van der Waals surface area (Å²) < 4.78 is 6.73. The van der Waals surface area contributed by atoms with Crippen LogP contribution in [0.5, 0.6) is 5.75 Å². The zero-order valence-corrected chi connectivity index (χ0v) is 14.1. The Morgan fingerprint density at radius 3 is 2.70 bits per heavy atom. The van der Waals surface area contributed by atoms with Crippen LogP contribution < -0.4 is 15.4 Å². The van der Waals surface area contributed by atoms with E-state index in [1.807, 2.05) is 39.1 Å². The summed E-state index contributed by atoms with van der Waals surface area (Å²) in [5, 5.41) is 6.01. The van der Waals surface area contributed by atoms with E-state index in [0.29, 0.717) is 5.75 Å². The Bertz CT molecular complexity index is 451. The van der Waals surface area contributed by atoms with E-state index in [9.17, 15) is 4.79 Å². The van der Waals surface area contributed by atoms with Gasteiger partial charge in [0.25, 0.3) is 5.91 Å². The predicted molar refractivity (Wildman–Crippen MR) is 84.9 cm³/mol. The molecule has 0 fully saturated rings. The van der Waals surface area contributed by atoms with Gasteiger partial charge >= 0.3 is 0 Å². The third-order valence-corrected chi connectivity index (χ3v) is 3.84. The Balaban J connectivity index is 2.68. The van der Waals surface area contributed by atoms with Crippen LogP contribution in [-0.4, -0.2) is 25.1 Å². The van der Waals surface area contributed by atoms with E-state index in [1.54, 1.807) is 6.92 Å². The predicted octanol–water partition coefficient (Wildman–Crippen LogP) is 2.85. The fourth-order valence-corrected chi connectivity index (χ4v) is 2.06. The molecule has 1 aromatic rings. The summed E-state index contributed by atoms with van der Waals surface area (Å²) in [5.41, 5.74) is 1.10. The highest BCUT2D eigenvalue weighted by molar-refractivity contribution is 9.10. The Morgan fingerprint density at radius 1 is 1.40 bits per heavy atom. The number of amides is 1. The monoisotopic (exact) mass is 342 g/mol. The number of benzene rings is 1. The Labute approximate surface area is 129 Å². The molecule has 0 saturated heterocycles. The maximum atomic E-state index is 11.9. The molecular formula is C15H23BrN2O2. The summed E-state index contributed by atoms with van der Waals surface area (Å²) in [6, 6.07) is 5.89. The summed E-state index contributed by atoms with van der Waals surface area (Å²) in [7, 11) is 1.89. The molecule has 0 saturated carbocycles. The lowest BCUT2D eigenvalue weighted by atomic mass is 10.2. The van der Waals surface area contributed by atoms with E-state index in [2.05, 4.69) is 26.6 Å². The molecule has 1 amide bonds. The molecule has 2 N–H and O–H groups in total. The van der Waals surface area contributed by atoms with Gasteiger partial charge in [0, 0.05) is 17.1 Å². The zero-order valence-electron chi connectivity index (χ0n) is 12.5. The zero-order chi connectivity index (χ0) is 15.1. The lowest BCUT2D eigenvalue weighted by Gasteiger charge is -2.18. The first-order valence-corrected chi connectivity index (χ1v) is 7.67. The molecular weight excluding hydrogens is 320 g/mol. The van der Waals surface area contributed by atoms with Crippen LogP contribution in [0.2, 0.25) is 0 Å². The number of rotatable bonds is 7. The van der Waals surface area contributed by atoms with Crippen molar-refractivity contribution in [3.05, 3.63) is 28.2 Å². The highest BCUT2D eigenvalue weighted by Crippen LogP contribution is 2.23. The molecule has 1 aromatic carbocycles. The van der Waals surface area contributed by atoms with Crippen molar-refractivity contribution in [2.45, 2.75) is 45.9 Å². The van der Waals surface area contributed by atoms with Crippen LogP contribution in [0.25, 0.3) is 0 Å². The summed E-state index contributed by atoms with van der Waals surface area (Å²) in [6.07, 6.45) is 0.399. The average Bonchev–Trinajstić information content (AvgIpc) is 2.42. The molecule has 0 aromatic heterocycles. The molecule has 4 nitrogen and oxygen atoms in total. The van der Waals surface area contributed by atoms with Crippen LogP contribution in [0.3, 0.4) is 0 Å². The van der Waals surface area contributed by atoms with Gasteiger partial charge in [-0.25, -0.2) is 0 Å². The maximum absolute atomic E-state index is 11.9. The van der Waals surface area contributed by atoms with E-state index in [1.165, 1.54) is 0 Å². The molecule has 0 spiro atoms. The summed E-state index contributed by atoms with van der Waals surface area (Å²) >= 11 is 3.49. The first-order valence-electron chi connectivity index (χ1n) is 6.88. The maximum Gasteiger partial charge on any atom is 0.260 e. The SMILES string of the molecule is CCC(C)NC(=O)C(C)Oc1ccc(Br)c(CNC)c1. The molecule has 5 heteroatoms. The van der Waals surface area contributed by atoms with Gasteiger partial charge in [0.15, 0.2) is 6.10 Å². The minimum absolute atomic E-state index is 0.0857. The fraction of sp³-hybridized carbons (Fsp3) is 0.533. The first-order chi connectivity index (χ1) is 9.47. The second-order valence-electron chi connectivity index (χ2n) is 4.86. The summed E-state index contributed by atoms with van der Waals surface area (Å²) in [4.78, 5) is 11.9. The fourth-order valence-electron chi connectivity index (χ4n) is 1.67. The van der Waals surface area contributed by atoms with Gasteiger partial charge in [-0.1, -0.05) is 22.9 Å². The van der Waals surface area contributed by atoms with Crippen molar-refractivity contribution >= 4 is 21.8 Å². The van der Waals surface area contributed by atoms with E-state index in [0.717, 1.165) is 23.0 Å². The largest absolute Gasteiger partial charge is 0.481 e. The standard InChI is InChI=1S/C15H23BrN2O2/c1-5-10(2)18-15(19)11(3)20-13-6-7-14(16)12(8-13)9-17-4/h6-8,10-11,17H,5,9H2,1-4H3,(H,18,19). The van der Waals surface area contributed by atoms with Crippen LogP contribution in [0.1, 0.15) is 32.8 Å². The van der Waals surface area contributed by atoms with Crippen molar-refractivity contribution in [1.29, 1.82) is 0 Å². The summed E-state index contributed by atoms with van der Waals surface area (Å²) in [5.74, 6) is 0.614. The second kappa shape index (κ2) is 8.27. The second-order valence-corrected chi connectivity index (χ2v) is 5.72. The molecule has 0 aliphatic rings. The normalized spacial score (nSPS) is 13.7. The Hall–Kier alpha value is -1.07. The van der Waals surface area contributed by atoms with Crippen molar-refractivity contribution in [3.63, 3.8) is 0 Å². The van der Waals surface area contributed by atoms with E-state index >= 15 is 0 Å². The van der Waals surface area contributed by atoms with Gasteiger partial charge in [0.1, 0.15) is 5.75 Å². The molecule has 20 heavy (non-hydrogen) atoms. The molecule has 1 rings (SSSR count). The molecule has 0 heterocycles. The molecule has 0 aliphatic heterocycles. The van der Waals surface area contributed by atoms with Crippen LogP contribution in [0.15, 0.2) is 22.7 Å². The Morgan fingerprint density at radius 2 is 2.10 bits per heavy atom. The number of nitrogens with one attached hydrogen (secondary N) is 2. The van der Waals surface area contributed by atoms with Crippen molar-refractivity contribution in [3.8, 4) is 5.75 Å². The van der Waals surface area contributed by atoms with E-state index < -0.39 is 6.10 Å². The third-order valence-electron chi connectivity index (χ3n) is 3.07. The smallest absolute Gasteiger partial charge is 0.260 e. The van der Waals surface area contributed by atoms with Crippen molar-refractivity contribution in [2.75, 3.05) is 7.05 Å². The molecule has 0 bridgehead atoms. The topological polar surface area (TPSA) is 50.4 Å². The van der Waals surface area contributed by atoms with Gasteiger partial charge in [-0.05, 0) is 51.1 Å². The van der Waals surface area contributed by atoms with Gasteiger partial charge in [-0.15, -0.1) is 0 Å². The molecule has 0 aliphatic carbocycles. The number of halogens is 1. The molecule has 2 unspecified atom stereocenters. The van der Waals surface area contributed by atoms with Gasteiger partial charge in [0.2, 0.25) is 0 Å². The van der Waals surface area contributed by atoms with Crippen molar-refractivity contribution in [2.24, 2.45) is 0 Å². The van der Waals surface area contributed by atoms with Gasteiger partial charge in [-0.3, -0.25) is 4.79 Å². The minimum atomic E-state index is -0.507. The van der Waals surface area contributed by atoms with Gasteiger partial charge in [-0.2, -0.15) is 0 Å². The number of hydrogen-bond acceptors (Lipinski definition) is 3. The van der Waals surface area contributed by atoms with Gasteiger partial charge in [0.05, 0.1) is 0 Å². The number of ether oxygens (including phenoxy) is 1. The lowest BCUT2D eigenvalue weighted by Crippen LogP contribution is -2.41. The minimum Gasteiger partial charge on any atom is -0.481 e. The highest BCUT2D eigenvalue weighted by Gasteiger charge is 2.16. The number of carbonyl (C=O) groups is 1. The summed E-state index contributed by atoms with van der Waals surface area (Å²) in [6.45, 7) is 6.52. The van der Waals surface area contributed by atoms with Gasteiger partial charge < -0.3 is 15.4 Å². The highest BCUT2D eigenvalue weighted by atomic mass is 79.9. The van der Waals surface area contributed by atoms with Crippen LogP contribution in [0.4, 0.5) is 0 Å². The molecule has 0 radical (unpaired) electrons. The van der Waals surface area contributed by atoms with Crippen LogP contribution in [0, 0.1) is 0 Å². The van der Waals surface area contributed by atoms with E-state index in [4.69, 9.17) is 4.74 Å². The first kappa shape index (κ1) is 17.0. The Kier molecular flexibility index (Phi) is 7.02. The van der Waals surface area contributed by atoms with Crippen LogP contribution in [-0.2, 0) is 11.3 Å². The lowest BCUT2D eigenvalue weighted by molar-refractivity contribution is -0.127. The van der Waals surface area contributed by atoms with Crippen LogP contribution >= 0.6 is 15.9 Å². The van der Waals surface area contributed by atoms with E-state index in [-0.39, 0.29) is 11.9 Å². The number of carbonyl (C=O) groups excluding carboxylic acids is 1. The molecule has 2 atom stereocenters. The quantitative estimate of drug-likeness (QED) is 0.800.